The van der Waals surface area contributed by atoms with Crippen LogP contribution in [0.25, 0.3) is 0 Å². The van der Waals surface area contributed by atoms with Crippen LogP contribution >= 0.6 is 0 Å². The van der Waals surface area contributed by atoms with Gasteiger partial charge in [0.25, 0.3) is 0 Å². The van der Waals surface area contributed by atoms with Gasteiger partial charge < -0.3 is 18.7 Å². The molecule has 0 aromatic heterocycles. The smallest absolute Gasteiger partial charge is 0.411 e. The Morgan fingerprint density at radius 2 is 1.59 bits per heavy atom. The molecule has 5 atom stereocenters. The zero-order valence-electron chi connectivity index (χ0n) is 18.3. The van der Waals surface area contributed by atoms with Gasteiger partial charge in [-0.1, -0.05) is 48.5 Å². The lowest BCUT2D eigenvalue weighted by Gasteiger charge is -2.45. The Bertz CT molecular complexity index is 960. The molecule has 5 rings (SSSR count). The van der Waals surface area contributed by atoms with E-state index in [9.17, 15) is 9.59 Å². The fourth-order valence-corrected chi connectivity index (χ4v) is 5.37. The number of para-hydroxylation sites is 1. The first-order chi connectivity index (χ1) is 15.4. The Kier molecular flexibility index (Phi) is 5.39. The van der Waals surface area contributed by atoms with Crippen LogP contribution in [0.5, 0.6) is 0 Å². The third kappa shape index (κ3) is 3.98. The number of carbonyl (C=O) groups excluding carboxylic acids is 2. The zero-order valence-corrected chi connectivity index (χ0v) is 18.3. The second-order valence-corrected chi connectivity index (χ2v) is 9.41. The highest BCUT2D eigenvalue weighted by molar-refractivity contribution is 5.85. The van der Waals surface area contributed by atoms with E-state index in [-0.39, 0.29) is 18.7 Å². The van der Waals surface area contributed by atoms with Gasteiger partial charge in [0.15, 0.2) is 0 Å². The van der Waals surface area contributed by atoms with Crippen molar-refractivity contribution < 1.29 is 28.3 Å². The minimum Gasteiger partial charge on any atom is -0.461 e. The molecule has 7 nitrogen and oxygen atoms in total. The van der Waals surface area contributed by atoms with Gasteiger partial charge in [0.1, 0.15) is 42.9 Å². The Hall–Kier alpha value is -2.90. The van der Waals surface area contributed by atoms with Gasteiger partial charge in [-0.25, -0.2) is 4.79 Å². The molecule has 2 bridgehead atoms. The number of morpholine rings is 1. The van der Waals surface area contributed by atoms with Gasteiger partial charge in [-0.05, 0) is 17.7 Å². The third-order valence-electron chi connectivity index (χ3n) is 7.21. The number of amides is 1. The Balaban J connectivity index is 1.23. The van der Waals surface area contributed by atoms with Crippen LogP contribution in [0.15, 0.2) is 60.7 Å². The number of hydrogen-bond donors (Lipinski definition) is 1. The second kappa shape index (κ2) is 8.22. The summed E-state index contributed by atoms with van der Waals surface area (Å²) < 4.78 is 18.2. The summed E-state index contributed by atoms with van der Waals surface area (Å²) in [6.07, 6.45) is 1.46. The zero-order chi connectivity index (χ0) is 22.3. The van der Waals surface area contributed by atoms with Crippen LogP contribution in [-0.2, 0) is 19.0 Å². The number of benzene rings is 2. The first-order valence-electron chi connectivity index (χ1n) is 11.2. The average molecular weight is 438 g/mol. The molecule has 2 aromatic carbocycles. The summed E-state index contributed by atoms with van der Waals surface area (Å²) in [5.74, 6) is -1.03. The van der Waals surface area contributed by atoms with Crippen molar-refractivity contribution in [1.82, 2.24) is 0 Å². The molecule has 3 aliphatic rings. The van der Waals surface area contributed by atoms with E-state index in [4.69, 9.17) is 14.2 Å². The third-order valence-corrected chi connectivity index (χ3v) is 7.21. The van der Waals surface area contributed by atoms with Gasteiger partial charge in [-0.3, -0.25) is 10.1 Å². The molecule has 168 valence electrons. The van der Waals surface area contributed by atoms with E-state index in [1.165, 1.54) is 0 Å². The molecule has 2 aromatic rings. The van der Waals surface area contributed by atoms with Crippen molar-refractivity contribution in [3.05, 3.63) is 66.2 Å². The van der Waals surface area contributed by atoms with Crippen molar-refractivity contribution in [2.75, 3.05) is 26.0 Å². The molecule has 0 saturated carbocycles. The van der Waals surface area contributed by atoms with Crippen molar-refractivity contribution in [1.29, 1.82) is 0 Å². The predicted molar refractivity (Wildman–Crippen MR) is 118 cm³/mol. The number of likely N-dealkylation sites (N-methyl/N-ethyl adjacent to an activating group) is 1. The molecule has 3 saturated heterocycles. The highest BCUT2D eigenvalue weighted by atomic mass is 16.6. The van der Waals surface area contributed by atoms with E-state index in [2.05, 4.69) is 19.4 Å². The average Bonchev–Trinajstić information content (AvgIpc) is 3.54. The number of nitrogens with zero attached hydrogens (tertiary/aromatic N) is 1. The fourth-order valence-electron chi connectivity index (χ4n) is 5.37. The van der Waals surface area contributed by atoms with E-state index >= 15 is 0 Å². The molecular weight excluding hydrogens is 408 g/mol. The highest BCUT2D eigenvalue weighted by Crippen LogP contribution is 2.51. The van der Waals surface area contributed by atoms with Crippen molar-refractivity contribution >= 4 is 17.7 Å². The van der Waals surface area contributed by atoms with Crippen LogP contribution in [0.1, 0.15) is 24.3 Å². The number of anilines is 1. The number of ether oxygens (including phenoxy) is 3. The molecule has 3 fully saturated rings. The molecular formula is C25H29N2O5+. The predicted octanol–water partition coefficient (Wildman–Crippen LogP) is 3.32. The normalized spacial score (nSPS) is 30.0. The summed E-state index contributed by atoms with van der Waals surface area (Å²) in [5, 5.41) is 2.68. The molecule has 3 aliphatic heterocycles. The number of rotatable bonds is 6. The molecule has 0 spiro atoms. The van der Waals surface area contributed by atoms with Gasteiger partial charge in [-0.15, -0.1) is 0 Å². The molecule has 0 aliphatic carbocycles. The van der Waals surface area contributed by atoms with Crippen molar-refractivity contribution in [3.63, 3.8) is 0 Å². The van der Waals surface area contributed by atoms with Crippen molar-refractivity contribution in [2.24, 2.45) is 0 Å². The second-order valence-electron chi connectivity index (χ2n) is 9.41. The standard InChI is InChI=1S/C25H28N2O5/c1-27(2)20-13-18(14-21(27)23-22(20)32-23)31-24(28)19(16-9-5-3-6-10-16)15-30-25(29)26-17-11-7-4-8-12-17/h3-12,18-23H,13-15H2,1-2H3/p+1/t19-,20-,21-,22+,23+/m0/s1. The first kappa shape index (κ1) is 21.0. The molecule has 0 unspecified atom stereocenters. The number of piperidine rings is 1. The monoisotopic (exact) mass is 437 g/mol. The van der Waals surface area contributed by atoms with E-state index in [1.807, 2.05) is 48.5 Å². The van der Waals surface area contributed by atoms with Gasteiger partial charge in [0, 0.05) is 18.5 Å². The number of nitrogens with one attached hydrogen (secondary N) is 1. The number of hydrogen-bond acceptors (Lipinski definition) is 5. The van der Waals surface area contributed by atoms with Crippen LogP contribution in [0, 0.1) is 0 Å². The summed E-state index contributed by atoms with van der Waals surface area (Å²) in [5.41, 5.74) is 1.40. The summed E-state index contributed by atoms with van der Waals surface area (Å²) in [6, 6.07) is 19.1. The number of quaternary nitrogens is 1. The van der Waals surface area contributed by atoms with Gasteiger partial charge in [0.2, 0.25) is 0 Å². The van der Waals surface area contributed by atoms with Crippen LogP contribution in [0.2, 0.25) is 0 Å². The van der Waals surface area contributed by atoms with Crippen LogP contribution in [0.3, 0.4) is 0 Å². The maximum atomic E-state index is 13.2. The summed E-state index contributed by atoms with van der Waals surface area (Å²) in [6.45, 7) is -0.0863. The van der Waals surface area contributed by atoms with Gasteiger partial charge in [0.05, 0.1) is 14.1 Å². The minimum atomic E-state index is -0.675. The number of esters is 1. The van der Waals surface area contributed by atoms with Crippen LogP contribution in [0.4, 0.5) is 10.5 Å². The van der Waals surface area contributed by atoms with E-state index < -0.39 is 12.0 Å². The maximum Gasteiger partial charge on any atom is 0.411 e. The SMILES string of the molecule is C[N+]1(C)[C@H]2CC(OC(=O)[C@@H](COC(=O)Nc3ccccc3)c3ccccc3)C[C@H]1[C@H]1O[C@@H]12. The fraction of sp³-hybridized carbons (Fsp3) is 0.440. The maximum absolute atomic E-state index is 13.2. The van der Waals surface area contributed by atoms with E-state index in [0.29, 0.717) is 30.0 Å². The quantitative estimate of drug-likeness (QED) is 0.426. The summed E-state index contributed by atoms with van der Waals surface area (Å²) >= 11 is 0. The largest absolute Gasteiger partial charge is 0.461 e. The topological polar surface area (TPSA) is 77.2 Å². The van der Waals surface area contributed by atoms with Gasteiger partial charge in [-0.2, -0.15) is 0 Å². The Morgan fingerprint density at radius 1 is 1.00 bits per heavy atom. The Morgan fingerprint density at radius 3 is 2.22 bits per heavy atom. The highest BCUT2D eigenvalue weighted by Gasteiger charge is 2.70. The van der Waals surface area contributed by atoms with Gasteiger partial charge >= 0.3 is 12.1 Å². The lowest BCUT2D eigenvalue weighted by Crippen LogP contribution is -2.60. The van der Waals surface area contributed by atoms with Crippen LogP contribution in [-0.4, -0.2) is 67.6 Å². The van der Waals surface area contributed by atoms with Crippen molar-refractivity contribution in [3.8, 4) is 0 Å². The molecule has 3 heterocycles. The summed E-state index contributed by atoms with van der Waals surface area (Å²) in [4.78, 5) is 25.5. The molecule has 32 heavy (non-hydrogen) atoms. The van der Waals surface area contributed by atoms with Crippen LogP contribution < -0.4 is 5.32 Å². The lowest BCUT2D eigenvalue weighted by molar-refractivity contribution is -0.938. The number of carbonyl (C=O) groups is 2. The van der Waals surface area contributed by atoms with E-state index in [0.717, 1.165) is 22.9 Å². The number of epoxide rings is 1. The minimum absolute atomic E-state index is 0.0863. The Labute approximate surface area is 187 Å². The molecule has 7 heteroatoms. The molecule has 1 N–H and O–H groups in total. The first-order valence-corrected chi connectivity index (χ1v) is 11.2. The van der Waals surface area contributed by atoms with Crippen molar-refractivity contribution in [2.45, 2.75) is 49.2 Å². The lowest BCUT2D eigenvalue weighted by atomic mass is 9.95. The molecule has 0 radical (unpaired) electrons. The molecule has 1 amide bonds. The van der Waals surface area contributed by atoms with E-state index in [1.54, 1.807) is 12.1 Å². The number of fused-ring (bicyclic) bond motifs is 5. The summed E-state index contributed by atoms with van der Waals surface area (Å²) in [7, 11) is 4.49.